The van der Waals surface area contributed by atoms with E-state index >= 15 is 0 Å². The molecule has 1 aromatic heterocycles. The summed E-state index contributed by atoms with van der Waals surface area (Å²) in [5.41, 5.74) is 2.57. The van der Waals surface area contributed by atoms with E-state index in [1.54, 1.807) is 0 Å². The van der Waals surface area contributed by atoms with Crippen molar-refractivity contribution < 1.29 is 4.74 Å². The van der Waals surface area contributed by atoms with E-state index < -0.39 is 0 Å². The van der Waals surface area contributed by atoms with Gasteiger partial charge < -0.3 is 15.0 Å². The number of H-pyrrole nitrogens is 1. The molecule has 2 N–H and O–H groups in total. The van der Waals surface area contributed by atoms with Crippen molar-refractivity contribution in [3.63, 3.8) is 0 Å². The SMILES string of the molecule is c1cc2cc(CNCC3CCOCC3)ccc2[nH]1. The molecule has 18 heavy (non-hydrogen) atoms. The normalized spacial score (nSPS) is 17.3. The van der Waals surface area contributed by atoms with Crippen molar-refractivity contribution in [1.82, 2.24) is 10.3 Å². The summed E-state index contributed by atoms with van der Waals surface area (Å²) in [7, 11) is 0. The fourth-order valence-corrected chi connectivity index (χ4v) is 2.58. The summed E-state index contributed by atoms with van der Waals surface area (Å²) in [5, 5.41) is 4.85. The lowest BCUT2D eigenvalue weighted by atomic mass is 10.0. The number of nitrogens with one attached hydrogen (secondary N) is 2. The van der Waals surface area contributed by atoms with Crippen LogP contribution in [0.4, 0.5) is 0 Å². The maximum atomic E-state index is 5.37. The molecule has 1 fully saturated rings. The minimum Gasteiger partial charge on any atom is -0.381 e. The maximum absolute atomic E-state index is 5.37. The van der Waals surface area contributed by atoms with Crippen molar-refractivity contribution in [2.45, 2.75) is 19.4 Å². The highest BCUT2D eigenvalue weighted by atomic mass is 16.5. The average Bonchev–Trinajstić information content (AvgIpc) is 2.87. The molecule has 3 heteroatoms. The minimum absolute atomic E-state index is 0.787. The third kappa shape index (κ3) is 2.74. The van der Waals surface area contributed by atoms with Gasteiger partial charge in [-0.2, -0.15) is 0 Å². The van der Waals surface area contributed by atoms with E-state index in [1.165, 1.54) is 29.3 Å². The smallest absolute Gasteiger partial charge is 0.0469 e. The second-order valence-electron chi connectivity index (χ2n) is 5.09. The van der Waals surface area contributed by atoms with Crippen LogP contribution < -0.4 is 5.32 Å². The number of hydrogen-bond donors (Lipinski definition) is 2. The molecule has 3 nitrogen and oxygen atoms in total. The second-order valence-corrected chi connectivity index (χ2v) is 5.09. The summed E-state index contributed by atoms with van der Waals surface area (Å²) in [6.07, 6.45) is 4.39. The molecule has 0 radical (unpaired) electrons. The Morgan fingerprint density at radius 3 is 3.00 bits per heavy atom. The third-order valence-electron chi connectivity index (χ3n) is 3.72. The largest absolute Gasteiger partial charge is 0.381 e. The number of benzene rings is 1. The number of hydrogen-bond acceptors (Lipinski definition) is 2. The van der Waals surface area contributed by atoms with E-state index in [1.807, 2.05) is 6.20 Å². The predicted molar refractivity (Wildman–Crippen MR) is 73.5 cm³/mol. The lowest BCUT2D eigenvalue weighted by molar-refractivity contribution is 0.0662. The van der Waals surface area contributed by atoms with Crippen LogP contribution in [-0.4, -0.2) is 24.7 Å². The lowest BCUT2D eigenvalue weighted by Gasteiger charge is -2.22. The van der Waals surface area contributed by atoms with Crippen LogP contribution in [0.5, 0.6) is 0 Å². The Morgan fingerprint density at radius 2 is 2.11 bits per heavy atom. The van der Waals surface area contributed by atoms with Crippen molar-refractivity contribution in [1.29, 1.82) is 0 Å². The Kier molecular flexibility index (Phi) is 3.62. The van der Waals surface area contributed by atoms with Crippen molar-refractivity contribution in [2.24, 2.45) is 5.92 Å². The lowest BCUT2D eigenvalue weighted by Crippen LogP contribution is -2.27. The Bertz CT molecular complexity index is 500. The van der Waals surface area contributed by atoms with Gasteiger partial charge in [-0.25, -0.2) is 0 Å². The molecular formula is C15H20N2O. The molecule has 1 saturated heterocycles. The van der Waals surface area contributed by atoms with Gasteiger partial charge in [0, 0.05) is 31.5 Å². The van der Waals surface area contributed by atoms with E-state index in [4.69, 9.17) is 4.74 Å². The van der Waals surface area contributed by atoms with Gasteiger partial charge in [-0.3, -0.25) is 0 Å². The molecule has 2 aromatic rings. The molecule has 0 saturated carbocycles. The highest BCUT2D eigenvalue weighted by molar-refractivity contribution is 5.79. The highest BCUT2D eigenvalue weighted by Gasteiger charge is 2.12. The molecule has 0 atom stereocenters. The predicted octanol–water partition coefficient (Wildman–Crippen LogP) is 2.68. The zero-order valence-corrected chi connectivity index (χ0v) is 10.6. The highest BCUT2D eigenvalue weighted by Crippen LogP contribution is 2.15. The molecule has 0 amide bonds. The van der Waals surface area contributed by atoms with Gasteiger partial charge in [0.25, 0.3) is 0 Å². The molecule has 2 heterocycles. The third-order valence-corrected chi connectivity index (χ3v) is 3.72. The fourth-order valence-electron chi connectivity index (χ4n) is 2.58. The molecule has 0 bridgehead atoms. The summed E-state index contributed by atoms with van der Waals surface area (Å²) in [6.45, 7) is 3.93. The van der Waals surface area contributed by atoms with E-state index in [9.17, 15) is 0 Å². The molecule has 0 spiro atoms. The summed E-state index contributed by atoms with van der Waals surface area (Å²) in [5.74, 6) is 0.787. The van der Waals surface area contributed by atoms with Crippen LogP contribution >= 0.6 is 0 Å². The van der Waals surface area contributed by atoms with Crippen LogP contribution in [0, 0.1) is 5.92 Å². The van der Waals surface area contributed by atoms with Gasteiger partial charge in [0.05, 0.1) is 0 Å². The second kappa shape index (κ2) is 5.55. The molecule has 96 valence electrons. The van der Waals surface area contributed by atoms with Gasteiger partial charge in [-0.15, -0.1) is 0 Å². The van der Waals surface area contributed by atoms with Gasteiger partial charge in [0.1, 0.15) is 0 Å². The Labute approximate surface area is 108 Å². The molecular weight excluding hydrogens is 224 g/mol. The summed E-state index contributed by atoms with van der Waals surface area (Å²) < 4.78 is 5.37. The van der Waals surface area contributed by atoms with Crippen LogP contribution in [-0.2, 0) is 11.3 Å². The van der Waals surface area contributed by atoms with E-state index in [0.717, 1.165) is 32.2 Å². The van der Waals surface area contributed by atoms with Gasteiger partial charge in [-0.1, -0.05) is 6.07 Å². The van der Waals surface area contributed by atoms with Crippen LogP contribution in [0.1, 0.15) is 18.4 Å². The quantitative estimate of drug-likeness (QED) is 0.867. The van der Waals surface area contributed by atoms with Crippen LogP contribution in [0.15, 0.2) is 30.5 Å². The van der Waals surface area contributed by atoms with E-state index in [0.29, 0.717) is 0 Å². The minimum atomic E-state index is 0.787. The maximum Gasteiger partial charge on any atom is 0.0469 e. The number of ether oxygens (including phenoxy) is 1. The van der Waals surface area contributed by atoms with Gasteiger partial charge in [0.2, 0.25) is 0 Å². The Morgan fingerprint density at radius 1 is 1.22 bits per heavy atom. The number of aromatic amines is 1. The first kappa shape index (κ1) is 11.8. The van der Waals surface area contributed by atoms with Crippen molar-refractivity contribution in [3.05, 3.63) is 36.0 Å². The standard InChI is InChI=1S/C15H20N2O/c1-2-15-14(3-6-17-15)9-13(1)11-16-10-12-4-7-18-8-5-12/h1-3,6,9,12,16-17H,4-5,7-8,10-11H2. The summed E-state index contributed by atoms with van der Waals surface area (Å²) in [4.78, 5) is 3.22. The van der Waals surface area contributed by atoms with Gasteiger partial charge >= 0.3 is 0 Å². The van der Waals surface area contributed by atoms with Gasteiger partial charge in [0.15, 0.2) is 0 Å². The van der Waals surface area contributed by atoms with Crippen molar-refractivity contribution >= 4 is 10.9 Å². The fraction of sp³-hybridized carbons (Fsp3) is 0.467. The number of aromatic nitrogens is 1. The molecule has 1 aliphatic heterocycles. The van der Waals surface area contributed by atoms with Crippen molar-refractivity contribution in [2.75, 3.05) is 19.8 Å². The topological polar surface area (TPSA) is 37.0 Å². The monoisotopic (exact) mass is 244 g/mol. The molecule has 1 aliphatic rings. The zero-order valence-electron chi connectivity index (χ0n) is 10.6. The molecule has 0 unspecified atom stereocenters. The summed E-state index contributed by atoms with van der Waals surface area (Å²) >= 11 is 0. The van der Waals surface area contributed by atoms with E-state index in [-0.39, 0.29) is 0 Å². The molecule has 1 aromatic carbocycles. The Balaban J connectivity index is 1.52. The van der Waals surface area contributed by atoms with Crippen molar-refractivity contribution in [3.8, 4) is 0 Å². The number of fused-ring (bicyclic) bond motifs is 1. The average molecular weight is 244 g/mol. The summed E-state index contributed by atoms with van der Waals surface area (Å²) in [6, 6.07) is 8.72. The van der Waals surface area contributed by atoms with Crippen LogP contribution in [0.2, 0.25) is 0 Å². The van der Waals surface area contributed by atoms with E-state index in [2.05, 4.69) is 34.6 Å². The zero-order chi connectivity index (χ0) is 12.2. The van der Waals surface area contributed by atoms with Gasteiger partial charge in [-0.05, 0) is 54.5 Å². The first-order chi connectivity index (χ1) is 8.92. The molecule has 3 rings (SSSR count). The first-order valence-electron chi connectivity index (χ1n) is 6.76. The number of rotatable bonds is 4. The molecule has 0 aliphatic carbocycles. The van der Waals surface area contributed by atoms with Crippen LogP contribution in [0.3, 0.4) is 0 Å². The Hall–Kier alpha value is -1.32. The first-order valence-corrected chi connectivity index (χ1v) is 6.76. The van der Waals surface area contributed by atoms with Crippen LogP contribution in [0.25, 0.3) is 10.9 Å².